The smallest absolute Gasteiger partial charge is 0.291 e. The van der Waals surface area contributed by atoms with Crippen molar-refractivity contribution in [3.63, 3.8) is 0 Å². The van der Waals surface area contributed by atoms with Crippen LogP contribution in [-0.2, 0) is 15.6 Å². The van der Waals surface area contributed by atoms with E-state index in [0.29, 0.717) is 33.7 Å². The van der Waals surface area contributed by atoms with E-state index in [9.17, 15) is 13.2 Å². The van der Waals surface area contributed by atoms with Gasteiger partial charge in [0, 0.05) is 41.8 Å². The first-order valence-corrected chi connectivity index (χ1v) is 12.4. The Bertz CT molecular complexity index is 1270. The summed E-state index contributed by atoms with van der Waals surface area (Å²) < 4.78 is 41.8. The molecule has 2 heterocycles. The van der Waals surface area contributed by atoms with Crippen LogP contribution in [-0.4, -0.2) is 26.4 Å². The molecule has 0 saturated heterocycles. The molecule has 2 aliphatic rings. The lowest BCUT2D eigenvalue weighted by Crippen LogP contribution is -2.40. The van der Waals surface area contributed by atoms with Crippen LogP contribution < -0.4 is 14.8 Å². The Morgan fingerprint density at radius 2 is 1.77 bits per heavy atom. The number of ether oxygens (including phenoxy) is 2. The normalized spacial score (nSPS) is 17.2. The third-order valence-electron chi connectivity index (χ3n) is 5.72. The van der Waals surface area contributed by atoms with Gasteiger partial charge in [0.25, 0.3) is 11.7 Å². The average molecular weight is 442 g/mol. The number of hydrogen-bond acceptors (Lipinski definition) is 6. The zero-order chi connectivity index (χ0) is 21.6. The van der Waals surface area contributed by atoms with Gasteiger partial charge in [0.1, 0.15) is 5.58 Å². The van der Waals surface area contributed by atoms with Gasteiger partial charge in [-0.2, -0.15) is 0 Å². The molecule has 1 saturated carbocycles. The highest BCUT2D eigenvalue weighted by Gasteiger charge is 2.42. The maximum absolute atomic E-state index is 13.0. The molecular formula is C23H23NO6S. The van der Waals surface area contributed by atoms with Crippen molar-refractivity contribution >= 4 is 32.4 Å². The summed E-state index contributed by atoms with van der Waals surface area (Å²) in [5, 5.41) is 3.42. The maximum Gasteiger partial charge on any atom is 0.291 e. The van der Waals surface area contributed by atoms with Crippen molar-refractivity contribution in [1.82, 2.24) is 0 Å². The molecule has 31 heavy (non-hydrogen) atoms. The van der Waals surface area contributed by atoms with E-state index >= 15 is 0 Å². The van der Waals surface area contributed by atoms with Crippen LogP contribution in [0.15, 0.2) is 46.9 Å². The van der Waals surface area contributed by atoms with Gasteiger partial charge < -0.3 is 19.2 Å². The first-order chi connectivity index (χ1) is 14.8. The summed E-state index contributed by atoms with van der Waals surface area (Å²) in [6.45, 7) is 0. The van der Waals surface area contributed by atoms with Crippen molar-refractivity contribution in [2.45, 2.75) is 43.6 Å². The summed E-state index contributed by atoms with van der Waals surface area (Å²) in [5.74, 6) is -0.127. The molecule has 8 heteroatoms. The molecule has 1 fully saturated rings. The number of hydrogen-bond donors (Lipinski definition) is 1. The highest BCUT2D eigenvalue weighted by molar-refractivity contribution is 7.89. The van der Waals surface area contributed by atoms with Crippen molar-refractivity contribution in [2.75, 3.05) is 11.6 Å². The molecule has 1 amide bonds. The standard InChI is InChI=1S/C23H23NO6S/c1-31(26,27)14-17-16-7-3-4-8-18(16)28-21(17)22(25)24-15-9-10-19-20(13-15)30-23(29-19)11-5-2-6-12-23/h3-4,7-10,13H,2,5-6,11-12,14H2,1H3,(H,24,25). The number of rotatable bonds is 4. The largest absolute Gasteiger partial charge is 0.451 e. The van der Waals surface area contributed by atoms with Crippen molar-refractivity contribution in [3.05, 3.63) is 53.8 Å². The molecule has 3 aromatic rings. The molecule has 0 radical (unpaired) electrons. The van der Waals surface area contributed by atoms with Gasteiger partial charge in [-0.1, -0.05) is 24.6 Å². The highest BCUT2D eigenvalue weighted by atomic mass is 32.2. The summed E-state index contributed by atoms with van der Waals surface area (Å²) >= 11 is 0. The Labute approximate surface area is 180 Å². The Balaban J connectivity index is 1.42. The SMILES string of the molecule is CS(=O)(=O)Cc1c(C(=O)Nc2ccc3c(c2)OC2(CCCCC2)O3)oc2ccccc12. The van der Waals surface area contributed by atoms with Gasteiger partial charge in [-0.05, 0) is 31.0 Å². The predicted octanol–water partition coefficient (Wildman–Crippen LogP) is 4.66. The van der Waals surface area contributed by atoms with E-state index in [2.05, 4.69) is 5.32 Å². The van der Waals surface area contributed by atoms with Crippen LogP contribution in [0, 0.1) is 0 Å². The lowest BCUT2D eigenvalue weighted by molar-refractivity contribution is -0.105. The summed E-state index contributed by atoms with van der Waals surface area (Å²) in [6, 6.07) is 12.3. The minimum Gasteiger partial charge on any atom is -0.451 e. The number of carbonyl (C=O) groups is 1. The number of sulfone groups is 1. The Kier molecular flexibility index (Phi) is 4.69. The quantitative estimate of drug-likeness (QED) is 0.633. The van der Waals surface area contributed by atoms with Gasteiger partial charge in [-0.15, -0.1) is 0 Å². The van der Waals surface area contributed by atoms with Crippen LogP contribution in [0.3, 0.4) is 0 Å². The average Bonchev–Trinajstić information content (AvgIpc) is 3.25. The molecule has 1 spiro atoms. The summed E-state index contributed by atoms with van der Waals surface area (Å²) in [7, 11) is -3.37. The minimum atomic E-state index is -3.37. The highest BCUT2D eigenvalue weighted by Crippen LogP contribution is 2.46. The molecule has 1 N–H and O–H groups in total. The first-order valence-electron chi connectivity index (χ1n) is 10.3. The lowest BCUT2D eigenvalue weighted by atomic mass is 9.94. The summed E-state index contributed by atoms with van der Waals surface area (Å²) in [6.07, 6.45) is 6.13. The molecule has 1 aliphatic carbocycles. The Morgan fingerprint density at radius 1 is 1.03 bits per heavy atom. The molecule has 7 nitrogen and oxygen atoms in total. The van der Waals surface area contributed by atoms with E-state index < -0.39 is 21.5 Å². The second-order valence-corrected chi connectivity index (χ2v) is 10.4. The van der Waals surface area contributed by atoms with Crippen LogP contribution in [0.2, 0.25) is 0 Å². The van der Waals surface area contributed by atoms with Crippen molar-refractivity contribution < 1.29 is 27.1 Å². The monoisotopic (exact) mass is 441 g/mol. The first kappa shape index (κ1) is 19.9. The van der Waals surface area contributed by atoms with E-state index in [1.165, 1.54) is 6.42 Å². The van der Waals surface area contributed by atoms with E-state index in [1.54, 1.807) is 42.5 Å². The molecule has 1 aromatic heterocycles. The maximum atomic E-state index is 13.0. The number of benzene rings is 2. The van der Waals surface area contributed by atoms with Crippen LogP contribution in [0.5, 0.6) is 11.5 Å². The number of fused-ring (bicyclic) bond motifs is 2. The van der Waals surface area contributed by atoms with E-state index in [4.69, 9.17) is 13.9 Å². The number of carbonyl (C=O) groups excluding carboxylic acids is 1. The predicted molar refractivity (Wildman–Crippen MR) is 116 cm³/mol. The van der Waals surface area contributed by atoms with E-state index in [-0.39, 0.29) is 11.5 Å². The zero-order valence-corrected chi connectivity index (χ0v) is 18.0. The van der Waals surface area contributed by atoms with Crippen molar-refractivity contribution in [3.8, 4) is 11.5 Å². The molecule has 1 aliphatic heterocycles. The van der Waals surface area contributed by atoms with Gasteiger partial charge in [0.15, 0.2) is 27.1 Å². The van der Waals surface area contributed by atoms with Gasteiger partial charge >= 0.3 is 0 Å². The fraction of sp³-hybridized carbons (Fsp3) is 0.348. The van der Waals surface area contributed by atoms with Crippen LogP contribution in [0.1, 0.15) is 48.2 Å². The number of nitrogens with one attached hydrogen (secondary N) is 1. The van der Waals surface area contributed by atoms with E-state index in [0.717, 1.165) is 31.9 Å². The molecule has 0 unspecified atom stereocenters. The van der Waals surface area contributed by atoms with Gasteiger partial charge in [0.2, 0.25) is 0 Å². The lowest BCUT2D eigenvalue weighted by Gasteiger charge is -2.31. The summed E-state index contributed by atoms with van der Waals surface area (Å²) in [4.78, 5) is 13.0. The molecule has 0 bridgehead atoms. The van der Waals surface area contributed by atoms with Gasteiger partial charge in [0.05, 0.1) is 5.75 Å². The molecule has 0 atom stereocenters. The fourth-order valence-electron chi connectivity index (χ4n) is 4.34. The van der Waals surface area contributed by atoms with Crippen molar-refractivity contribution in [1.29, 1.82) is 0 Å². The van der Waals surface area contributed by atoms with Crippen molar-refractivity contribution in [2.24, 2.45) is 0 Å². The zero-order valence-electron chi connectivity index (χ0n) is 17.1. The Hall–Kier alpha value is -3.00. The van der Waals surface area contributed by atoms with Crippen LogP contribution >= 0.6 is 0 Å². The van der Waals surface area contributed by atoms with E-state index in [1.807, 2.05) is 0 Å². The second-order valence-electron chi connectivity index (χ2n) is 8.27. The molecule has 2 aromatic carbocycles. The van der Waals surface area contributed by atoms with Gasteiger partial charge in [-0.3, -0.25) is 4.79 Å². The van der Waals surface area contributed by atoms with Crippen LogP contribution in [0.25, 0.3) is 11.0 Å². The molecule has 162 valence electrons. The number of amides is 1. The molecular weight excluding hydrogens is 418 g/mol. The third-order valence-corrected chi connectivity index (χ3v) is 6.53. The van der Waals surface area contributed by atoms with Crippen LogP contribution in [0.4, 0.5) is 5.69 Å². The minimum absolute atomic E-state index is 0.00644. The summed E-state index contributed by atoms with van der Waals surface area (Å²) in [5.41, 5.74) is 1.35. The number of para-hydroxylation sites is 1. The number of furan rings is 1. The molecule has 5 rings (SSSR count). The second kappa shape index (κ2) is 7.30. The topological polar surface area (TPSA) is 94.8 Å². The Morgan fingerprint density at radius 3 is 2.55 bits per heavy atom. The van der Waals surface area contributed by atoms with Gasteiger partial charge in [-0.25, -0.2) is 8.42 Å². The third kappa shape index (κ3) is 3.87. The number of anilines is 1. The fourth-order valence-corrected chi connectivity index (χ4v) is 5.15.